The molecule has 0 aromatic heterocycles. The van der Waals surface area contributed by atoms with Crippen molar-refractivity contribution in [3.05, 3.63) is 12.4 Å². The SMILES string of the molecule is CCCCCCCCCCCCN1C=CN(CCCCO[SH](=O)=O)C1. The second kappa shape index (κ2) is 15.5. The van der Waals surface area contributed by atoms with Crippen molar-refractivity contribution in [2.45, 2.75) is 84.0 Å². The molecular weight excluding hydrogens is 336 g/mol. The van der Waals surface area contributed by atoms with Gasteiger partial charge in [-0.3, -0.25) is 4.18 Å². The predicted octanol–water partition coefficient (Wildman–Crippen LogP) is 4.28. The van der Waals surface area contributed by atoms with Gasteiger partial charge in [-0.2, -0.15) is 0 Å². The Hall–Kier alpha value is -0.750. The quantitative estimate of drug-likeness (QED) is 0.304. The van der Waals surface area contributed by atoms with Gasteiger partial charge in [-0.1, -0.05) is 64.7 Å². The molecule has 0 aromatic rings. The zero-order chi connectivity index (χ0) is 18.2. The van der Waals surface area contributed by atoms with E-state index in [1.807, 2.05) is 0 Å². The maximum absolute atomic E-state index is 10.3. The van der Waals surface area contributed by atoms with Crippen LogP contribution in [0.3, 0.4) is 0 Å². The van der Waals surface area contributed by atoms with E-state index in [9.17, 15) is 8.42 Å². The molecule has 6 heteroatoms. The summed E-state index contributed by atoms with van der Waals surface area (Å²) in [7, 11) is -2.69. The van der Waals surface area contributed by atoms with Gasteiger partial charge >= 0.3 is 0 Å². The van der Waals surface area contributed by atoms with Gasteiger partial charge in [0.2, 0.25) is 0 Å². The van der Waals surface area contributed by atoms with E-state index in [4.69, 9.17) is 0 Å². The molecule has 0 unspecified atom stereocenters. The first-order chi connectivity index (χ1) is 12.2. The Morgan fingerprint density at radius 1 is 0.760 bits per heavy atom. The molecule has 1 aliphatic heterocycles. The summed E-state index contributed by atoms with van der Waals surface area (Å²) in [6.45, 7) is 5.64. The van der Waals surface area contributed by atoms with Crippen LogP contribution in [0.15, 0.2) is 12.4 Å². The van der Waals surface area contributed by atoms with Crippen LogP contribution >= 0.6 is 0 Å². The molecule has 0 bridgehead atoms. The van der Waals surface area contributed by atoms with Gasteiger partial charge in [0, 0.05) is 25.5 Å². The summed E-state index contributed by atoms with van der Waals surface area (Å²) in [4.78, 5) is 4.66. The van der Waals surface area contributed by atoms with E-state index in [1.54, 1.807) is 0 Å². The lowest BCUT2D eigenvalue weighted by Crippen LogP contribution is -2.26. The van der Waals surface area contributed by atoms with Gasteiger partial charge in [0.1, 0.15) is 0 Å². The predicted molar refractivity (Wildman–Crippen MR) is 105 cm³/mol. The molecule has 0 radical (unpaired) electrons. The molecule has 1 rings (SSSR count). The number of unbranched alkanes of at least 4 members (excludes halogenated alkanes) is 10. The van der Waals surface area contributed by atoms with Crippen molar-refractivity contribution in [3.63, 3.8) is 0 Å². The molecule has 1 heterocycles. The Labute approximate surface area is 156 Å². The summed E-state index contributed by atoms with van der Waals surface area (Å²) in [5.41, 5.74) is 0. The fraction of sp³-hybridized carbons (Fsp3) is 0.895. The van der Waals surface area contributed by atoms with Crippen LogP contribution in [0.25, 0.3) is 0 Å². The Bertz CT molecular complexity index is 405. The Morgan fingerprint density at radius 2 is 1.24 bits per heavy atom. The summed E-state index contributed by atoms with van der Waals surface area (Å²) in [6.07, 6.45) is 19.8. The molecule has 1 aliphatic rings. The number of thiol groups is 1. The summed E-state index contributed by atoms with van der Waals surface area (Å²) < 4.78 is 25.1. The van der Waals surface area contributed by atoms with E-state index in [2.05, 4.69) is 33.3 Å². The maximum Gasteiger partial charge on any atom is 0.257 e. The van der Waals surface area contributed by atoms with Crippen molar-refractivity contribution in [1.29, 1.82) is 0 Å². The molecule has 0 fully saturated rings. The van der Waals surface area contributed by atoms with Gasteiger partial charge in [0.05, 0.1) is 13.3 Å². The standard InChI is InChI=1S/C19H38N2O3S/c1-2-3-4-5-6-7-8-9-10-11-14-20-16-17-21(19-20)15-12-13-18-24-25(22)23/h16-17,25H,2-15,18-19H2,1H3. The van der Waals surface area contributed by atoms with Crippen molar-refractivity contribution in [2.24, 2.45) is 0 Å². The lowest BCUT2D eigenvalue weighted by atomic mass is 10.1. The molecule has 0 atom stereocenters. The molecule has 0 aliphatic carbocycles. The Balaban J connectivity index is 1.86. The normalized spacial score (nSPS) is 14.2. The highest BCUT2D eigenvalue weighted by Crippen LogP contribution is 2.13. The molecule has 148 valence electrons. The minimum atomic E-state index is -2.69. The highest BCUT2D eigenvalue weighted by molar-refractivity contribution is 7.67. The molecule has 0 aromatic carbocycles. The second-order valence-electron chi connectivity index (χ2n) is 7.01. The van der Waals surface area contributed by atoms with Crippen LogP contribution < -0.4 is 0 Å². The van der Waals surface area contributed by atoms with Crippen LogP contribution in [0, 0.1) is 0 Å². The third-order valence-electron chi connectivity index (χ3n) is 4.69. The van der Waals surface area contributed by atoms with Crippen molar-refractivity contribution >= 4 is 11.0 Å². The van der Waals surface area contributed by atoms with E-state index in [-0.39, 0.29) is 0 Å². The topological polar surface area (TPSA) is 49.9 Å². The summed E-state index contributed by atoms with van der Waals surface area (Å²) >= 11 is 0. The number of hydrogen-bond acceptors (Lipinski definition) is 5. The zero-order valence-corrected chi connectivity index (χ0v) is 16.9. The van der Waals surface area contributed by atoms with Gasteiger partial charge in [-0.15, -0.1) is 0 Å². The van der Waals surface area contributed by atoms with Crippen LogP contribution in [-0.2, 0) is 15.2 Å². The lowest BCUT2D eigenvalue weighted by molar-refractivity contribution is 0.249. The van der Waals surface area contributed by atoms with Crippen LogP contribution in [0.4, 0.5) is 0 Å². The first kappa shape index (κ1) is 22.3. The summed E-state index contributed by atoms with van der Waals surface area (Å²) in [6, 6.07) is 0. The average molecular weight is 375 g/mol. The van der Waals surface area contributed by atoms with Gasteiger partial charge in [-0.05, 0) is 19.3 Å². The molecule has 0 spiro atoms. The van der Waals surface area contributed by atoms with E-state index >= 15 is 0 Å². The largest absolute Gasteiger partial charge is 0.359 e. The first-order valence-electron chi connectivity index (χ1n) is 10.2. The number of rotatable bonds is 17. The molecular formula is C19H38N2O3S. The molecule has 0 saturated carbocycles. The van der Waals surface area contributed by atoms with Crippen molar-refractivity contribution in [3.8, 4) is 0 Å². The van der Waals surface area contributed by atoms with E-state index in [1.165, 1.54) is 64.2 Å². The van der Waals surface area contributed by atoms with Crippen LogP contribution in [0.2, 0.25) is 0 Å². The van der Waals surface area contributed by atoms with Crippen LogP contribution in [0.5, 0.6) is 0 Å². The summed E-state index contributed by atoms with van der Waals surface area (Å²) in [5, 5.41) is 0. The average Bonchev–Trinajstić information content (AvgIpc) is 3.04. The van der Waals surface area contributed by atoms with E-state index in [0.717, 1.165) is 32.6 Å². The minimum absolute atomic E-state index is 0.304. The van der Waals surface area contributed by atoms with Crippen molar-refractivity contribution < 1.29 is 12.6 Å². The van der Waals surface area contributed by atoms with Crippen LogP contribution in [0.1, 0.15) is 84.0 Å². The minimum Gasteiger partial charge on any atom is -0.359 e. The molecule has 0 N–H and O–H groups in total. The van der Waals surface area contributed by atoms with Gasteiger partial charge in [0.15, 0.2) is 0 Å². The first-order valence-corrected chi connectivity index (χ1v) is 11.3. The van der Waals surface area contributed by atoms with Gasteiger partial charge in [0.25, 0.3) is 11.0 Å². The zero-order valence-electron chi connectivity index (χ0n) is 16.0. The third kappa shape index (κ3) is 13.2. The molecule has 0 saturated heterocycles. The van der Waals surface area contributed by atoms with E-state index < -0.39 is 11.0 Å². The number of nitrogens with zero attached hydrogens (tertiary/aromatic N) is 2. The monoisotopic (exact) mass is 374 g/mol. The van der Waals surface area contributed by atoms with Crippen molar-refractivity contribution in [2.75, 3.05) is 26.4 Å². The molecule has 5 nitrogen and oxygen atoms in total. The van der Waals surface area contributed by atoms with E-state index in [0.29, 0.717) is 6.61 Å². The molecule has 25 heavy (non-hydrogen) atoms. The van der Waals surface area contributed by atoms with Gasteiger partial charge in [-0.25, -0.2) is 8.42 Å². The summed E-state index contributed by atoms with van der Waals surface area (Å²) in [5.74, 6) is 0. The third-order valence-corrected chi connectivity index (χ3v) is 5.08. The molecule has 0 amide bonds. The Kier molecular flexibility index (Phi) is 13.8. The fourth-order valence-electron chi connectivity index (χ4n) is 3.17. The lowest BCUT2D eigenvalue weighted by Gasteiger charge is -2.21. The highest BCUT2D eigenvalue weighted by Gasteiger charge is 2.10. The number of hydrogen-bond donors (Lipinski definition) is 1. The smallest absolute Gasteiger partial charge is 0.257 e. The van der Waals surface area contributed by atoms with Crippen molar-refractivity contribution in [1.82, 2.24) is 9.80 Å². The fourth-order valence-corrected chi connectivity index (χ4v) is 3.44. The van der Waals surface area contributed by atoms with Crippen LogP contribution in [-0.4, -0.2) is 44.6 Å². The second-order valence-corrected chi connectivity index (χ2v) is 7.72. The Morgan fingerprint density at radius 3 is 1.76 bits per heavy atom. The maximum atomic E-state index is 10.3. The van der Waals surface area contributed by atoms with Gasteiger partial charge < -0.3 is 9.80 Å². The highest BCUT2D eigenvalue weighted by atomic mass is 32.2.